The smallest absolute Gasteiger partial charge is 0.377 e. The highest BCUT2D eigenvalue weighted by Gasteiger charge is 2.45. The van der Waals surface area contributed by atoms with Gasteiger partial charge in [0.2, 0.25) is 82.7 Å². The second kappa shape index (κ2) is 52.3. The second-order valence-electron chi connectivity index (χ2n) is 33.3. The number of carbonyl (C=O) groups excluding carboxylic acids is 18. The molecule has 4 aliphatic heterocycles. The van der Waals surface area contributed by atoms with E-state index in [-0.39, 0.29) is 165 Å². The van der Waals surface area contributed by atoms with E-state index < -0.39 is 248 Å². The van der Waals surface area contributed by atoms with Crippen LogP contribution in [0.25, 0.3) is 0 Å². The molecule has 4 aliphatic rings. The molecule has 14 unspecified atom stereocenters. The highest BCUT2D eigenvalue weighted by molar-refractivity contribution is 6.02. The third kappa shape index (κ3) is 34.9. The number of hydrogen-bond donors (Lipinski definition) is 22. The molecule has 4 heterocycles. The Bertz CT molecular complexity index is 4290. The number of primary amides is 1. The minimum absolute atomic E-state index is 0.00162. The average molecular weight is 1820 g/mol. The number of nitrogens with zero attached hydrogens (tertiary/aromatic N) is 2. The number of aromatic hydroxyl groups is 2. The van der Waals surface area contributed by atoms with E-state index in [9.17, 15) is 77.3 Å². The SMILES string of the molecule is CCC(C)C1NC(=O)C(Cc2ccc(O)cc2)NC(=O)C2CCCN2C(=O)C(CCCNC(=N)N)NC(=O)C(CCCNC(=N)N)NC(=O)C2CCCN2C(=O)C(CCCCN)NC(=O)C(CC(N)=O)NC(=O)C(NC(=O)C(Cc2ccc(O)cc2)NC(=O)C(CC(C)C)NC(=O)C2CCC(=O)N2)CCC(=O)OOC(=O)CC[C@@H](N)C(=O)OOC(=O)C(CC(C)C)NC1=O. The fourth-order valence-electron chi connectivity index (χ4n) is 14.8. The summed E-state index contributed by atoms with van der Waals surface area (Å²) in [7, 11) is 0. The molecule has 129 heavy (non-hydrogen) atoms. The van der Waals surface area contributed by atoms with Crippen LogP contribution in [0.2, 0.25) is 0 Å². The van der Waals surface area contributed by atoms with Crippen molar-refractivity contribution in [3.05, 3.63) is 59.7 Å². The fraction of sp³-hybridized carbons (Fsp3) is 0.614. The predicted molar refractivity (Wildman–Crippen MR) is 458 cm³/mol. The van der Waals surface area contributed by atoms with E-state index in [0.717, 1.165) is 4.90 Å². The van der Waals surface area contributed by atoms with Crippen molar-refractivity contribution in [3.8, 4) is 11.5 Å². The van der Waals surface area contributed by atoms with Gasteiger partial charge < -0.3 is 118 Å². The largest absolute Gasteiger partial charge is 0.508 e. The van der Waals surface area contributed by atoms with Gasteiger partial charge >= 0.3 is 23.9 Å². The Morgan fingerprint density at radius 3 is 1.53 bits per heavy atom. The van der Waals surface area contributed by atoms with Crippen LogP contribution in [0.4, 0.5) is 0 Å². The molecule has 4 saturated heterocycles. The average Bonchev–Trinajstić information content (AvgIpc) is 1.73. The number of phenolic OH excluding ortho intramolecular Hbond substituents is 2. The molecule has 6 rings (SSSR count). The number of nitrogens with two attached hydrogens (primary N) is 5. The summed E-state index contributed by atoms with van der Waals surface area (Å²) in [5, 5.41) is 69.9. The van der Waals surface area contributed by atoms with Crippen LogP contribution in [0.5, 0.6) is 11.5 Å². The molecule has 27 N–H and O–H groups in total. The van der Waals surface area contributed by atoms with Crippen molar-refractivity contribution in [3.63, 3.8) is 0 Å². The van der Waals surface area contributed by atoms with E-state index in [2.05, 4.69) is 69.1 Å². The number of rotatable bonds is 30. The first-order valence-electron chi connectivity index (χ1n) is 43.4. The Kier molecular flexibility index (Phi) is 42.5. The summed E-state index contributed by atoms with van der Waals surface area (Å²) in [6.07, 6.45) is -4.42. The van der Waals surface area contributed by atoms with Crippen molar-refractivity contribution >= 4 is 118 Å². The first-order chi connectivity index (χ1) is 61.1. The zero-order valence-electron chi connectivity index (χ0n) is 73.4. The zero-order valence-corrected chi connectivity index (χ0v) is 73.4. The number of carbonyl (C=O) groups is 18. The fourth-order valence-corrected chi connectivity index (χ4v) is 14.8. The Morgan fingerprint density at radius 1 is 0.512 bits per heavy atom. The summed E-state index contributed by atoms with van der Waals surface area (Å²) in [5.74, 6) is -21.4. The number of benzene rings is 2. The number of unbranched alkanes of at least 4 members (excludes halogenated alkanes) is 1. The van der Waals surface area contributed by atoms with E-state index >= 15 is 19.2 Å². The maximum Gasteiger partial charge on any atom is 0.377 e. The molecule has 712 valence electrons. The Balaban J connectivity index is 1.41. The van der Waals surface area contributed by atoms with Crippen molar-refractivity contribution in [2.75, 3.05) is 32.7 Å². The molecular weight excluding hydrogens is 1690 g/mol. The Labute approximate surface area is 745 Å². The number of nitrogens with one attached hydrogen (secondary N) is 15. The zero-order chi connectivity index (χ0) is 95.3. The quantitative estimate of drug-likeness (QED) is 0.0152. The van der Waals surface area contributed by atoms with Crippen LogP contribution in [0.3, 0.4) is 0 Å². The van der Waals surface area contributed by atoms with Crippen LogP contribution >= 0.6 is 0 Å². The summed E-state index contributed by atoms with van der Waals surface area (Å²) < 4.78 is 0. The second-order valence-corrected chi connectivity index (χ2v) is 33.3. The molecule has 14 amide bonds. The summed E-state index contributed by atoms with van der Waals surface area (Å²) in [6, 6.07) is -10.9. The van der Waals surface area contributed by atoms with Crippen molar-refractivity contribution in [1.82, 2.24) is 78.9 Å². The molecule has 0 aliphatic carbocycles. The van der Waals surface area contributed by atoms with Gasteiger partial charge in [-0.15, -0.1) is 0 Å². The summed E-state index contributed by atoms with van der Waals surface area (Å²) in [5.41, 5.74) is 29.6. The van der Waals surface area contributed by atoms with Crippen LogP contribution in [0, 0.1) is 28.6 Å². The summed E-state index contributed by atoms with van der Waals surface area (Å²) >= 11 is 0. The topological polar surface area (TPSA) is 725 Å². The van der Waals surface area contributed by atoms with Gasteiger partial charge in [0.25, 0.3) is 0 Å². The number of amides is 14. The van der Waals surface area contributed by atoms with Gasteiger partial charge in [0.15, 0.2) is 11.9 Å². The third-order valence-corrected chi connectivity index (χ3v) is 21.9. The third-order valence-electron chi connectivity index (χ3n) is 21.9. The van der Waals surface area contributed by atoms with Crippen molar-refractivity contribution in [2.45, 2.75) is 274 Å². The van der Waals surface area contributed by atoms with Crippen LogP contribution in [-0.2, 0) is 119 Å². The molecule has 0 aromatic heterocycles. The van der Waals surface area contributed by atoms with Crippen LogP contribution in [0.1, 0.15) is 188 Å². The van der Waals surface area contributed by atoms with Gasteiger partial charge in [-0.1, -0.05) is 72.2 Å². The Morgan fingerprint density at radius 2 is 1.01 bits per heavy atom. The van der Waals surface area contributed by atoms with Gasteiger partial charge in [-0.2, -0.15) is 0 Å². The van der Waals surface area contributed by atoms with Gasteiger partial charge in [-0.25, -0.2) is 38.7 Å². The van der Waals surface area contributed by atoms with E-state index in [1.165, 1.54) is 53.4 Å². The molecular formula is C83H126N22O24. The molecule has 2 aromatic rings. The van der Waals surface area contributed by atoms with Crippen LogP contribution in [-0.4, -0.2) is 256 Å². The highest BCUT2D eigenvalue weighted by atomic mass is 17.2. The maximum absolute atomic E-state index is 15.3. The van der Waals surface area contributed by atoms with Crippen LogP contribution < -0.4 is 97.8 Å². The van der Waals surface area contributed by atoms with E-state index in [1.807, 2.05) is 0 Å². The van der Waals surface area contributed by atoms with E-state index in [1.54, 1.807) is 41.5 Å². The number of guanidine groups is 2. The number of hydrogen-bond acceptors (Lipinski definition) is 28. The van der Waals surface area contributed by atoms with E-state index in [4.69, 9.17) is 59.0 Å². The van der Waals surface area contributed by atoms with Gasteiger partial charge in [-0.3, -0.25) is 77.9 Å². The lowest BCUT2D eigenvalue weighted by Gasteiger charge is -2.32. The lowest BCUT2D eigenvalue weighted by atomic mass is 9.96. The highest BCUT2D eigenvalue weighted by Crippen LogP contribution is 2.25. The normalized spacial score (nSPS) is 24.2. The van der Waals surface area contributed by atoms with Gasteiger partial charge in [0.1, 0.15) is 96.1 Å². The molecule has 15 atom stereocenters. The molecule has 0 saturated carbocycles. The molecule has 0 spiro atoms. The van der Waals surface area contributed by atoms with Crippen LogP contribution in [0.15, 0.2) is 48.5 Å². The predicted octanol–water partition coefficient (Wildman–Crippen LogP) is -4.44. The lowest BCUT2D eigenvalue weighted by Crippen LogP contribution is -2.61. The standard InChI is InChI=1S/C83H126N22O24/c1-7-45(6)67-77(121)102-60(39-44(4)5)81(125)129-128-80(124)50(85)27-31-65(110)126-127-66(111)32-29-53(94-72(116)57(40-46-19-23-48(106)24-20-46)99-71(115)56(38-43(2)3)98-69(113)52-28-30-64(109)93-52)70(114)100-59(42-63(86)108)73(117)97-54(14-8-9-33-84)78(122)104-36-12-17-61(104)75(119)95-51(15-10-34-91-82(87)88)68(112)96-55(16-11-35-92-83(89)90)79(123)105-37-13-18-62(105)76(120)101-58(74(118)103-67)41-47-21-25-49(107)26-22-47/h19-26,43-45,50-62,67,106-107H,7-18,27-42,84-85H2,1-6H3,(H2,86,108)(H,93,109)(H,94,116)(H,95,119)(H,96,112)(H,97,117)(H,98,113)(H,99,115)(H,100,114)(H,101,120)(H,102,121)(H,103,118)(H4,87,88,91)(H4,89,90,92)/t45?,50-,51?,52?,53?,54?,55?,56?,57?,58?,59?,60?,61?,62?,67?/m1/s1. The number of fused-ring (bicyclic) bond motifs is 2. The van der Waals surface area contributed by atoms with Gasteiger partial charge in [0, 0.05) is 45.4 Å². The van der Waals surface area contributed by atoms with Crippen molar-refractivity contribution in [1.29, 1.82) is 10.8 Å². The van der Waals surface area contributed by atoms with E-state index in [0.29, 0.717) is 11.1 Å². The Hall–Kier alpha value is -13.0. The summed E-state index contributed by atoms with van der Waals surface area (Å²) in [6.45, 7) is 10.0. The first kappa shape index (κ1) is 105. The molecule has 4 fully saturated rings. The molecule has 46 heteroatoms. The van der Waals surface area contributed by atoms with Crippen molar-refractivity contribution < 1.29 is 116 Å². The molecule has 2 aromatic carbocycles. The molecule has 46 nitrogen and oxygen atoms in total. The maximum atomic E-state index is 15.3. The minimum atomic E-state index is -2.04. The molecule has 0 bridgehead atoms. The van der Waals surface area contributed by atoms with Crippen molar-refractivity contribution in [2.24, 2.45) is 46.4 Å². The monoisotopic (exact) mass is 1810 g/mol. The number of phenols is 2. The first-order valence-corrected chi connectivity index (χ1v) is 43.4. The summed E-state index contributed by atoms with van der Waals surface area (Å²) in [4.78, 5) is 278. The minimum Gasteiger partial charge on any atom is -0.508 e. The van der Waals surface area contributed by atoms with Gasteiger partial charge in [0.05, 0.1) is 19.3 Å². The lowest BCUT2D eigenvalue weighted by molar-refractivity contribution is -0.262. The van der Waals surface area contributed by atoms with Gasteiger partial charge in [-0.05, 0) is 162 Å². The molecule has 0 radical (unpaired) electrons.